The SMILES string of the molecule is CC1CN(CCNc2ccc(Br)cc2)CC(C)N1C. The van der Waals surface area contributed by atoms with E-state index < -0.39 is 0 Å². The Morgan fingerprint density at radius 2 is 1.74 bits per heavy atom. The van der Waals surface area contributed by atoms with Gasteiger partial charge in [0, 0.05) is 48.4 Å². The van der Waals surface area contributed by atoms with Gasteiger partial charge in [-0.2, -0.15) is 0 Å². The van der Waals surface area contributed by atoms with Gasteiger partial charge in [-0.1, -0.05) is 15.9 Å². The summed E-state index contributed by atoms with van der Waals surface area (Å²) in [6.45, 7) is 9.07. The van der Waals surface area contributed by atoms with Crippen LogP contribution in [-0.2, 0) is 0 Å². The van der Waals surface area contributed by atoms with Gasteiger partial charge in [0.15, 0.2) is 0 Å². The Labute approximate surface area is 125 Å². The maximum absolute atomic E-state index is 3.48. The Balaban J connectivity index is 1.75. The summed E-state index contributed by atoms with van der Waals surface area (Å²) in [6.07, 6.45) is 0. The smallest absolute Gasteiger partial charge is 0.0341 e. The number of hydrogen-bond acceptors (Lipinski definition) is 3. The van der Waals surface area contributed by atoms with E-state index in [0.717, 1.165) is 17.6 Å². The van der Waals surface area contributed by atoms with Crippen molar-refractivity contribution < 1.29 is 0 Å². The zero-order chi connectivity index (χ0) is 13.8. The fourth-order valence-corrected chi connectivity index (χ4v) is 2.89. The lowest BCUT2D eigenvalue weighted by atomic mass is 10.1. The van der Waals surface area contributed by atoms with Crippen LogP contribution in [0.1, 0.15) is 13.8 Å². The first-order valence-corrected chi connectivity index (χ1v) is 7.79. The van der Waals surface area contributed by atoms with Gasteiger partial charge in [-0.05, 0) is 45.2 Å². The number of nitrogens with one attached hydrogen (secondary N) is 1. The van der Waals surface area contributed by atoms with Crippen LogP contribution in [0.2, 0.25) is 0 Å². The van der Waals surface area contributed by atoms with Crippen molar-refractivity contribution in [2.45, 2.75) is 25.9 Å². The maximum Gasteiger partial charge on any atom is 0.0341 e. The molecule has 4 heteroatoms. The Morgan fingerprint density at radius 3 is 2.32 bits per heavy atom. The highest BCUT2D eigenvalue weighted by Crippen LogP contribution is 2.15. The van der Waals surface area contributed by atoms with E-state index in [-0.39, 0.29) is 0 Å². The normalized spacial score (nSPS) is 25.5. The molecule has 19 heavy (non-hydrogen) atoms. The first kappa shape index (κ1) is 14.8. The molecular formula is C15H24BrN3. The van der Waals surface area contributed by atoms with E-state index in [1.807, 2.05) is 0 Å². The van der Waals surface area contributed by atoms with E-state index in [0.29, 0.717) is 12.1 Å². The van der Waals surface area contributed by atoms with Gasteiger partial charge in [-0.25, -0.2) is 0 Å². The minimum Gasteiger partial charge on any atom is -0.384 e. The summed E-state index contributed by atoms with van der Waals surface area (Å²) in [6, 6.07) is 9.66. The van der Waals surface area contributed by atoms with E-state index in [9.17, 15) is 0 Å². The van der Waals surface area contributed by atoms with Gasteiger partial charge in [0.25, 0.3) is 0 Å². The van der Waals surface area contributed by atoms with Crippen LogP contribution < -0.4 is 5.32 Å². The summed E-state index contributed by atoms with van der Waals surface area (Å²) in [5.41, 5.74) is 1.19. The Kier molecular flexibility index (Phi) is 5.25. The van der Waals surface area contributed by atoms with Gasteiger partial charge >= 0.3 is 0 Å². The Hall–Kier alpha value is -0.580. The molecule has 0 amide bonds. The largest absolute Gasteiger partial charge is 0.384 e. The summed E-state index contributed by atoms with van der Waals surface area (Å²) in [7, 11) is 2.23. The summed E-state index contributed by atoms with van der Waals surface area (Å²) in [5, 5.41) is 3.48. The van der Waals surface area contributed by atoms with Crippen molar-refractivity contribution in [3.63, 3.8) is 0 Å². The van der Waals surface area contributed by atoms with E-state index >= 15 is 0 Å². The summed E-state index contributed by atoms with van der Waals surface area (Å²) in [4.78, 5) is 5.03. The second-order valence-electron chi connectivity index (χ2n) is 5.56. The van der Waals surface area contributed by atoms with Crippen molar-refractivity contribution >= 4 is 21.6 Å². The number of piperazine rings is 1. The van der Waals surface area contributed by atoms with Gasteiger partial charge in [-0.3, -0.25) is 9.80 Å². The second-order valence-corrected chi connectivity index (χ2v) is 6.47. The molecule has 0 aliphatic carbocycles. The molecule has 3 nitrogen and oxygen atoms in total. The third-order valence-electron chi connectivity index (χ3n) is 4.04. The van der Waals surface area contributed by atoms with Crippen molar-refractivity contribution in [3.8, 4) is 0 Å². The van der Waals surface area contributed by atoms with Crippen LogP contribution in [0.3, 0.4) is 0 Å². The van der Waals surface area contributed by atoms with Crippen LogP contribution in [0, 0.1) is 0 Å². The summed E-state index contributed by atoms with van der Waals surface area (Å²) in [5.74, 6) is 0. The number of halogens is 1. The monoisotopic (exact) mass is 325 g/mol. The highest BCUT2D eigenvalue weighted by molar-refractivity contribution is 9.10. The highest BCUT2D eigenvalue weighted by Gasteiger charge is 2.25. The quantitative estimate of drug-likeness (QED) is 0.918. The van der Waals surface area contributed by atoms with Crippen LogP contribution in [0.5, 0.6) is 0 Å². The first-order chi connectivity index (χ1) is 9.06. The van der Waals surface area contributed by atoms with Crippen molar-refractivity contribution in [2.75, 3.05) is 38.5 Å². The van der Waals surface area contributed by atoms with Crippen molar-refractivity contribution in [1.29, 1.82) is 0 Å². The van der Waals surface area contributed by atoms with E-state index in [2.05, 4.69) is 76.2 Å². The molecule has 1 N–H and O–H groups in total. The molecule has 0 radical (unpaired) electrons. The molecule has 0 bridgehead atoms. The maximum atomic E-state index is 3.48. The minimum atomic E-state index is 0.649. The standard InChI is InChI=1S/C15H24BrN3/c1-12-10-19(11-13(2)18(12)3)9-8-17-15-6-4-14(16)5-7-15/h4-7,12-13,17H,8-11H2,1-3H3. The third-order valence-corrected chi connectivity index (χ3v) is 4.57. The molecule has 0 aromatic heterocycles. The lowest BCUT2D eigenvalue weighted by Gasteiger charge is -2.42. The topological polar surface area (TPSA) is 18.5 Å². The van der Waals surface area contributed by atoms with Gasteiger partial charge < -0.3 is 5.32 Å². The van der Waals surface area contributed by atoms with Gasteiger partial charge in [-0.15, -0.1) is 0 Å². The molecule has 106 valence electrons. The third kappa shape index (κ3) is 4.20. The molecule has 1 aliphatic heterocycles. The van der Waals surface area contributed by atoms with Crippen LogP contribution >= 0.6 is 15.9 Å². The van der Waals surface area contributed by atoms with Crippen LogP contribution in [0.4, 0.5) is 5.69 Å². The molecule has 0 saturated carbocycles. The van der Waals surface area contributed by atoms with Crippen LogP contribution in [-0.4, -0.2) is 55.1 Å². The number of benzene rings is 1. The van der Waals surface area contributed by atoms with Crippen molar-refractivity contribution in [2.24, 2.45) is 0 Å². The zero-order valence-electron chi connectivity index (χ0n) is 12.1. The predicted molar refractivity (Wildman–Crippen MR) is 85.8 cm³/mol. The summed E-state index contributed by atoms with van der Waals surface area (Å²) < 4.78 is 1.12. The lowest BCUT2D eigenvalue weighted by Crippen LogP contribution is -2.55. The highest BCUT2D eigenvalue weighted by atomic mass is 79.9. The number of nitrogens with zero attached hydrogens (tertiary/aromatic N) is 2. The minimum absolute atomic E-state index is 0.649. The molecule has 1 heterocycles. The molecular weight excluding hydrogens is 302 g/mol. The second kappa shape index (κ2) is 6.73. The fraction of sp³-hybridized carbons (Fsp3) is 0.600. The first-order valence-electron chi connectivity index (χ1n) is 7.00. The molecule has 2 atom stereocenters. The Morgan fingerprint density at radius 1 is 1.16 bits per heavy atom. The predicted octanol–water partition coefficient (Wildman–Crippen LogP) is 2.89. The average molecular weight is 326 g/mol. The number of hydrogen-bond donors (Lipinski definition) is 1. The molecule has 1 aromatic carbocycles. The van der Waals surface area contributed by atoms with Crippen LogP contribution in [0.25, 0.3) is 0 Å². The van der Waals surface area contributed by atoms with Crippen molar-refractivity contribution in [3.05, 3.63) is 28.7 Å². The summed E-state index contributed by atoms with van der Waals surface area (Å²) >= 11 is 3.45. The van der Waals surface area contributed by atoms with Crippen molar-refractivity contribution in [1.82, 2.24) is 9.80 Å². The van der Waals surface area contributed by atoms with E-state index in [4.69, 9.17) is 0 Å². The average Bonchev–Trinajstić information content (AvgIpc) is 2.38. The molecule has 1 fully saturated rings. The van der Waals surface area contributed by atoms with Gasteiger partial charge in [0.2, 0.25) is 0 Å². The molecule has 0 spiro atoms. The number of anilines is 1. The fourth-order valence-electron chi connectivity index (χ4n) is 2.62. The molecule has 2 unspecified atom stereocenters. The zero-order valence-corrected chi connectivity index (χ0v) is 13.7. The molecule has 1 aliphatic rings. The Bertz CT molecular complexity index is 381. The van der Waals surface area contributed by atoms with E-state index in [1.165, 1.54) is 18.8 Å². The lowest BCUT2D eigenvalue weighted by molar-refractivity contribution is 0.0626. The molecule has 1 aromatic rings. The van der Waals surface area contributed by atoms with E-state index in [1.54, 1.807) is 0 Å². The van der Waals surface area contributed by atoms with Gasteiger partial charge in [0.1, 0.15) is 0 Å². The van der Waals surface area contributed by atoms with Gasteiger partial charge in [0.05, 0.1) is 0 Å². The van der Waals surface area contributed by atoms with Crippen LogP contribution in [0.15, 0.2) is 28.7 Å². The number of likely N-dealkylation sites (N-methyl/N-ethyl adjacent to an activating group) is 1. The molecule has 1 saturated heterocycles. The molecule has 2 rings (SSSR count). The number of rotatable bonds is 4.